The van der Waals surface area contributed by atoms with Crippen LogP contribution < -0.4 is 0 Å². The molecular weight excluding hydrogens is 362 g/mol. The quantitative estimate of drug-likeness (QED) is 0.738. The summed E-state index contributed by atoms with van der Waals surface area (Å²) in [4.78, 5) is 3.97. The summed E-state index contributed by atoms with van der Waals surface area (Å²) in [5, 5.41) is 16.1. The molecule has 2 aliphatic rings. The summed E-state index contributed by atoms with van der Waals surface area (Å²) in [5.74, 6) is -0.680. The molecule has 152 valence electrons. The van der Waals surface area contributed by atoms with E-state index in [-0.39, 0.29) is 18.2 Å². The van der Waals surface area contributed by atoms with Crippen LogP contribution in [0, 0.1) is 17.6 Å². The van der Waals surface area contributed by atoms with E-state index in [0.717, 1.165) is 49.3 Å². The molecule has 0 saturated carbocycles. The monoisotopic (exact) mass is 391 g/mol. The van der Waals surface area contributed by atoms with Gasteiger partial charge in [-0.05, 0) is 25.5 Å². The minimum absolute atomic E-state index is 0.0836. The maximum Gasteiger partial charge on any atom is 0.163 e. The van der Waals surface area contributed by atoms with Crippen LogP contribution in [0.1, 0.15) is 45.1 Å². The van der Waals surface area contributed by atoms with Crippen molar-refractivity contribution >= 4 is 0 Å². The van der Waals surface area contributed by atoms with Crippen molar-refractivity contribution in [3.63, 3.8) is 0 Å². The van der Waals surface area contributed by atoms with Crippen molar-refractivity contribution in [3.8, 4) is 0 Å². The van der Waals surface area contributed by atoms with Gasteiger partial charge in [0.05, 0.1) is 25.7 Å². The molecule has 2 saturated heterocycles. The normalized spacial score (nSPS) is 29.8. The Morgan fingerprint density at radius 3 is 2.68 bits per heavy atom. The molecule has 28 heavy (non-hydrogen) atoms. The molecule has 0 radical (unpaired) electrons. The predicted molar refractivity (Wildman–Crippen MR) is 101 cm³/mol. The van der Waals surface area contributed by atoms with E-state index in [1.165, 1.54) is 29.5 Å². The molecule has 0 amide bonds. The SMILES string of the molecule is CCCC1C2CC[N+]1([C@H](C)[C@](O)(Cn1cncn1)c1ccc(F)cc1F)CC2. The second kappa shape index (κ2) is 7.19. The zero-order valence-corrected chi connectivity index (χ0v) is 16.6. The van der Waals surface area contributed by atoms with Crippen molar-refractivity contribution < 1.29 is 18.4 Å². The zero-order valence-electron chi connectivity index (χ0n) is 16.6. The second-order valence-corrected chi connectivity index (χ2v) is 8.56. The molecule has 2 fully saturated rings. The smallest absolute Gasteiger partial charge is 0.163 e. The van der Waals surface area contributed by atoms with Gasteiger partial charge in [-0.1, -0.05) is 13.3 Å². The zero-order chi connectivity index (χ0) is 19.9. The fraction of sp³-hybridized carbons (Fsp3) is 0.619. The highest BCUT2D eigenvalue weighted by Gasteiger charge is 2.61. The van der Waals surface area contributed by atoms with Crippen LogP contribution in [0.2, 0.25) is 0 Å². The Bertz CT molecular complexity index is 820. The van der Waals surface area contributed by atoms with Gasteiger partial charge in [0.2, 0.25) is 0 Å². The van der Waals surface area contributed by atoms with Gasteiger partial charge in [0.25, 0.3) is 0 Å². The topological polar surface area (TPSA) is 50.9 Å². The highest BCUT2D eigenvalue weighted by molar-refractivity contribution is 5.26. The molecule has 4 rings (SSSR count). The van der Waals surface area contributed by atoms with Gasteiger partial charge >= 0.3 is 0 Å². The number of aliphatic hydroxyl groups is 1. The molecule has 7 heteroatoms. The third-order valence-corrected chi connectivity index (χ3v) is 7.35. The van der Waals surface area contributed by atoms with Crippen molar-refractivity contribution in [2.24, 2.45) is 5.92 Å². The van der Waals surface area contributed by atoms with E-state index in [4.69, 9.17) is 0 Å². The van der Waals surface area contributed by atoms with Crippen LogP contribution >= 0.6 is 0 Å². The fourth-order valence-electron chi connectivity index (χ4n) is 5.94. The van der Waals surface area contributed by atoms with E-state index >= 15 is 0 Å². The van der Waals surface area contributed by atoms with Gasteiger partial charge in [0.1, 0.15) is 30.3 Å². The van der Waals surface area contributed by atoms with Crippen molar-refractivity contribution in [2.75, 3.05) is 13.1 Å². The molecule has 3 atom stereocenters. The van der Waals surface area contributed by atoms with Gasteiger partial charge in [-0.15, -0.1) is 0 Å². The Morgan fingerprint density at radius 2 is 2.07 bits per heavy atom. The van der Waals surface area contributed by atoms with Crippen LogP contribution in [-0.2, 0) is 12.1 Å². The first-order valence-corrected chi connectivity index (χ1v) is 10.3. The first kappa shape index (κ1) is 19.5. The van der Waals surface area contributed by atoms with E-state index in [9.17, 15) is 13.9 Å². The summed E-state index contributed by atoms with van der Waals surface area (Å²) in [5.41, 5.74) is -1.38. The lowest BCUT2D eigenvalue weighted by Crippen LogP contribution is -2.64. The van der Waals surface area contributed by atoms with Crippen LogP contribution in [0.4, 0.5) is 8.78 Å². The number of nitrogens with zero attached hydrogens (tertiary/aromatic N) is 4. The summed E-state index contributed by atoms with van der Waals surface area (Å²) in [6.07, 6.45) is 7.45. The number of quaternary nitrogens is 1. The van der Waals surface area contributed by atoms with Crippen LogP contribution in [0.5, 0.6) is 0 Å². The average molecular weight is 391 g/mol. The maximum atomic E-state index is 14.9. The highest BCUT2D eigenvalue weighted by Crippen LogP contribution is 2.49. The summed E-state index contributed by atoms with van der Waals surface area (Å²) in [6, 6.07) is 3.70. The molecule has 3 heterocycles. The molecule has 1 unspecified atom stereocenters. The van der Waals surface area contributed by atoms with Gasteiger partial charge in [0, 0.05) is 30.4 Å². The molecule has 2 bridgehead atoms. The molecule has 1 N–H and O–H groups in total. The number of fused-ring (bicyclic) bond motifs is 2. The number of halogens is 2. The standard InChI is InChI=1S/C21H29F2N4O/c1-3-4-20-16-7-9-27(20,10-8-16)15(2)21(28,12-26-14-24-13-25-26)18-6-5-17(22)11-19(18)23/h5-6,11,13-16,20,28H,3-4,7-10,12H2,1-2H3/q+1/t15-,16?,20?,21-,27?/m1/s1. The van der Waals surface area contributed by atoms with E-state index in [1.54, 1.807) is 0 Å². The predicted octanol–water partition coefficient (Wildman–Crippen LogP) is 3.24. The van der Waals surface area contributed by atoms with Crippen LogP contribution in [0.3, 0.4) is 0 Å². The largest absolute Gasteiger partial charge is 0.377 e. The molecule has 0 aliphatic carbocycles. The second-order valence-electron chi connectivity index (χ2n) is 8.56. The van der Waals surface area contributed by atoms with E-state index < -0.39 is 17.2 Å². The lowest BCUT2D eigenvalue weighted by Gasteiger charge is -2.49. The lowest BCUT2D eigenvalue weighted by atomic mass is 9.83. The highest BCUT2D eigenvalue weighted by atomic mass is 19.1. The van der Waals surface area contributed by atoms with E-state index in [0.29, 0.717) is 12.0 Å². The van der Waals surface area contributed by atoms with Crippen molar-refractivity contribution in [3.05, 3.63) is 48.1 Å². The van der Waals surface area contributed by atoms with Crippen molar-refractivity contribution in [1.82, 2.24) is 14.8 Å². The summed E-state index contributed by atoms with van der Waals surface area (Å²) >= 11 is 0. The van der Waals surface area contributed by atoms with Gasteiger partial charge in [0.15, 0.2) is 5.60 Å². The Balaban J connectivity index is 1.79. The Morgan fingerprint density at radius 1 is 1.32 bits per heavy atom. The number of rotatable bonds is 7. The molecule has 1 aromatic heterocycles. The number of benzene rings is 1. The Kier molecular flexibility index (Phi) is 5.00. The van der Waals surface area contributed by atoms with Crippen LogP contribution in [0.15, 0.2) is 30.9 Å². The average Bonchev–Trinajstić information content (AvgIpc) is 3.38. The summed E-state index contributed by atoms with van der Waals surface area (Å²) in [6.45, 7) is 6.30. The molecule has 2 aromatic rings. The first-order chi connectivity index (χ1) is 13.4. The van der Waals surface area contributed by atoms with Gasteiger partial charge in [-0.2, -0.15) is 5.10 Å². The number of hydrogen-bond acceptors (Lipinski definition) is 3. The molecule has 5 nitrogen and oxygen atoms in total. The number of aromatic nitrogens is 3. The van der Waals surface area contributed by atoms with E-state index in [1.807, 2.05) is 6.92 Å². The van der Waals surface area contributed by atoms with Crippen molar-refractivity contribution in [2.45, 2.75) is 63.8 Å². The van der Waals surface area contributed by atoms with Crippen LogP contribution in [0.25, 0.3) is 0 Å². The third kappa shape index (κ3) is 2.95. The first-order valence-electron chi connectivity index (χ1n) is 10.3. The maximum absolute atomic E-state index is 14.9. The molecular formula is C21H29F2N4O+. The molecule has 0 spiro atoms. The third-order valence-electron chi connectivity index (χ3n) is 7.35. The Labute approximate surface area is 164 Å². The summed E-state index contributed by atoms with van der Waals surface area (Å²) in [7, 11) is 0. The fourth-order valence-corrected chi connectivity index (χ4v) is 5.94. The lowest BCUT2D eigenvalue weighted by molar-refractivity contribution is -0.960. The number of hydrogen-bond donors (Lipinski definition) is 1. The Hall–Kier alpha value is -1.86. The minimum Gasteiger partial charge on any atom is -0.377 e. The molecule has 2 aliphatic heterocycles. The minimum atomic E-state index is -1.52. The van der Waals surface area contributed by atoms with E-state index in [2.05, 4.69) is 17.0 Å². The molecule has 1 aromatic carbocycles. The van der Waals surface area contributed by atoms with Crippen LogP contribution in [-0.4, -0.2) is 49.5 Å². The van der Waals surface area contributed by atoms with Gasteiger partial charge < -0.3 is 9.59 Å². The van der Waals surface area contributed by atoms with Gasteiger partial charge in [-0.3, -0.25) is 0 Å². The number of piperidine rings is 1. The van der Waals surface area contributed by atoms with Crippen molar-refractivity contribution in [1.29, 1.82) is 0 Å². The van der Waals surface area contributed by atoms with Gasteiger partial charge in [-0.25, -0.2) is 18.4 Å². The summed E-state index contributed by atoms with van der Waals surface area (Å²) < 4.78 is 30.8.